The van der Waals surface area contributed by atoms with Crippen LogP contribution in [-0.2, 0) is 56.8 Å². The van der Waals surface area contributed by atoms with Gasteiger partial charge in [-0.1, -0.05) is 0 Å². The van der Waals surface area contributed by atoms with Crippen molar-refractivity contribution in [2.45, 2.75) is 91.3 Å². The van der Waals surface area contributed by atoms with E-state index in [-0.39, 0.29) is 6.09 Å². The Morgan fingerprint density at radius 3 is 1.83 bits per heavy atom. The van der Waals surface area contributed by atoms with E-state index in [4.69, 9.17) is 34.1 Å². The molecule has 0 bridgehead atoms. The third-order valence-electron chi connectivity index (χ3n) is 11.2. The zero-order chi connectivity index (χ0) is 41.1. The van der Waals surface area contributed by atoms with E-state index in [1.54, 1.807) is 4.90 Å². The van der Waals surface area contributed by atoms with Gasteiger partial charge in [0.15, 0.2) is 0 Å². The largest absolute Gasteiger partial charge is 0.463 e. The predicted molar refractivity (Wildman–Crippen MR) is 221 cm³/mol. The van der Waals surface area contributed by atoms with Crippen LogP contribution in [-0.4, -0.2) is 151 Å². The highest BCUT2D eigenvalue weighted by Gasteiger charge is 2.32. The monoisotopic (exact) mass is 812 g/mol. The van der Waals surface area contributed by atoms with Crippen molar-refractivity contribution in [1.29, 1.82) is 0 Å². The van der Waals surface area contributed by atoms with Crippen LogP contribution in [0.5, 0.6) is 12.0 Å². The van der Waals surface area contributed by atoms with Crippen molar-refractivity contribution >= 4 is 17.7 Å². The molecule has 0 fully saturated rings. The molecule has 0 atom stereocenters. The van der Waals surface area contributed by atoms with Gasteiger partial charge in [0, 0.05) is 82.4 Å². The molecule has 59 heavy (non-hydrogen) atoms. The van der Waals surface area contributed by atoms with Gasteiger partial charge in [0.1, 0.15) is 17.2 Å². The number of amides is 1. The highest BCUT2D eigenvalue weighted by molar-refractivity contribution is 5.69. The first kappa shape index (κ1) is 40.7. The minimum absolute atomic E-state index is 0.332. The zero-order valence-electron chi connectivity index (χ0n) is 35.6. The summed E-state index contributed by atoms with van der Waals surface area (Å²) in [4.78, 5) is 54.9. The number of carbonyl (C=O) groups is 1. The number of imidazole rings is 2. The number of rotatable bonds is 14. The smallest absolute Gasteiger partial charge is 0.410 e. The molecule has 18 nitrogen and oxygen atoms in total. The number of anilines is 2. The van der Waals surface area contributed by atoms with Gasteiger partial charge in [-0.3, -0.25) is 9.80 Å². The van der Waals surface area contributed by atoms with Crippen molar-refractivity contribution in [3.05, 3.63) is 59.0 Å². The van der Waals surface area contributed by atoms with E-state index in [0.29, 0.717) is 51.3 Å². The summed E-state index contributed by atoms with van der Waals surface area (Å²) in [5.41, 5.74) is 5.90. The molecule has 0 saturated heterocycles. The van der Waals surface area contributed by atoms with Crippen molar-refractivity contribution in [2.24, 2.45) is 0 Å². The van der Waals surface area contributed by atoms with Gasteiger partial charge in [-0.15, -0.1) is 0 Å². The molecule has 4 aromatic heterocycles. The summed E-state index contributed by atoms with van der Waals surface area (Å²) in [7, 11) is 6.29. The average molecular weight is 813 g/mol. The van der Waals surface area contributed by atoms with Crippen LogP contribution in [0.4, 0.5) is 16.4 Å². The number of ether oxygens (including phenoxy) is 3. The predicted octanol–water partition coefficient (Wildman–Crippen LogP) is 3.04. The molecule has 4 aliphatic heterocycles. The first-order valence-corrected chi connectivity index (χ1v) is 21.0. The first-order chi connectivity index (χ1) is 28.5. The summed E-state index contributed by atoms with van der Waals surface area (Å²) >= 11 is 0. The molecule has 318 valence electrons. The maximum atomic E-state index is 13.1. The number of carbonyl (C=O) groups excluding carboxylic acids is 1. The van der Waals surface area contributed by atoms with Crippen LogP contribution in [0.2, 0.25) is 0 Å². The molecule has 0 unspecified atom stereocenters. The van der Waals surface area contributed by atoms with Crippen LogP contribution in [0, 0.1) is 0 Å². The van der Waals surface area contributed by atoms with Crippen LogP contribution in [0.15, 0.2) is 25.0 Å². The molecule has 0 radical (unpaired) electrons. The van der Waals surface area contributed by atoms with Crippen molar-refractivity contribution < 1.29 is 19.0 Å². The molecule has 8 heterocycles. The van der Waals surface area contributed by atoms with Crippen molar-refractivity contribution in [3.8, 4) is 12.0 Å². The van der Waals surface area contributed by atoms with Crippen LogP contribution >= 0.6 is 0 Å². The third kappa shape index (κ3) is 9.87. The fraction of sp³-hybridized carbons (Fsp3) is 0.634. The Balaban J connectivity index is 0.895. The molecule has 4 aromatic rings. The van der Waals surface area contributed by atoms with Gasteiger partial charge < -0.3 is 42.9 Å². The summed E-state index contributed by atoms with van der Waals surface area (Å²) in [5, 5.41) is 0. The van der Waals surface area contributed by atoms with Gasteiger partial charge in [-0.05, 0) is 67.6 Å². The number of nitrogens with zero attached hydrogens (tertiary/aromatic N) is 14. The molecule has 18 heteroatoms. The second-order valence-corrected chi connectivity index (χ2v) is 17.4. The van der Waals surface area contributed by atoms with Crippen LogP contribution in [0.3, 0.4) is 0 Å². The molecule has 0 N–H and O–H groups in total. The van der Waals surface area contributed by atoms with Gasteiger partial charge in [0.2, 0.25) is 0 Å². The van der Waals surface area contributed by atoms with E-state index in [1.807, 2.05) is 45.8 Å². The summed E-state index contributed by atoms with van der Waals surface area (Å²) in [6.45, 7) is 16.7. The maximum absolute atomic E-state index is 13.1. The number of aromatic nitrogens is 8. The first-order valence-electron chi connectivity index (χ1n) is 21.0. The second-order valence-electron chi connectivity index (χ2n) is 17.4. The standard InChI is InChI=1S/C41H60N14O4/c1-41(2,3)59-40(56)53-14-10-33-35(26-53)45-39(47-37(33)52-16-18-55-28-43-22-31(55)24-52)58-20-8-12-49(6)29-50-13-9-32-34(25-50)44-38(57-19-7-11-48(4)5)46-36(32)51-15-17-54-27-42-21-30(54)23-51/h21-22,27-28H,7-20,23-26,29H2,1-6H3. The van der Waals surface area contributed by atoms with Crippen LogP contribution in [0.25, 0.3) is 0 Å². The number of fused-ring (bicyclic) bond motifs is 4. The lowest BCUT2D eigenvalue weighted by atomic mass is 10.0. The number of hydrogen-bond donors (Lipinski definition) is 0. The van der Waals surface area contributed by atoms with Crippen molar-refractivity contribution in [1.82, 2.24) is 58.6 Å². The fourth-order valence-electron chi connectivity index (χ4n) is 8.27. The lowest BCUT2D eigenvalue weighted by molar-refractivity contribution is 0.0220. The molecule has 1 amide bonds. The Kier molecular flexibility index (Phi) is 12.2. The van der Waals surface area contributed by atoms with Gasteiger partial charge >= 0.3 is 18.1 Å². The van der Waals surface area contributed by atoms with E-state index < -0.39 is 5.60 Å². The van der Waals surface area contributed by atoms with Crippen LogP contribution in [0.1, 0.15) is 67.5 Å². The second kappa shape index (κ2) is 17.6. The summed E-state index contributed by atoms with van der Waals surface area (Å²) in [5.74, 6) is 1.87. The lowest BCUT2D eigenvalue weighted by Crippen LogP contribution is -2.41. The van der Waals surface area contributed by atoms with Gasteiger partial charge in [0.05, 0.1) is 74.9 Å². The Morgan fingerprint density at radius 2 is 1.25 bits per heavy atom. The Bertz CT molecular complexity index is 2080. The number of hydrogen-bond acceptors (Lipinski definition) is 15. The summed E-state index contributed by atoms with van der Waals surface area (Å²) in [6, 6.07) is 0.800. The average Bonchev–Trinajstić information content (AvgIpc) is 3.89. The van der Waals surface area contributed by atoms with E-state index >= 15 is 0 Å². The van der Waals surface area contributed by atoms with Gasteiger partial charge in [-0.25, -0.2) is 14.8 Å². The highest BCUT2D eigenvalue weighted by atomic mass is 16.6. The normalized spacial score (nSPS) is 16.8. The van der Waals surface area contributed by atoms with Crippen molar-refractivity contribution in [2.75, 3.05) is 90.1 Å². The molecule has 0 aromatic carbocycles. The Hall–Kier alpha value is -5.07. The molecule has 4 aliphatic rings. The maximum Gasteiger partial charge on any atom is 0.410 e. The van der Waals surface area contributed by atoms with E-state index in [9.17, 15) is 4.79 Å². The van der Waals surface area contributed by atoms with Gasteiger partial charge in [0.25, 0.3) is 0 Å². The highest BCUT2D eigenvalue weighted by Crippen LogP contribution is 2.33. The molecular weight excluding hydrogens is 753 g/mol. The molecule has 0 saturated carbocycles. The Labute approximate surface area is 347 Å². The zero-order valence-corrected chi connectivity index (χ0v) is 35.6. The van der Waals surface area contributed by atoms with E-state index in [2.05, 4.69) is 64.7 Å². The summed E-state index contributed by atoms with van der Waals surface area (Å²) < 4.78 is 22.6. The van der Waals surface area contributed by atoms with Gasteiger partial charge in [-0.2, -0.15) is 19.9 Å². The molecule has 0 aliphatic carbocycles. The third-order valence-corrected chi connectivity index (χ3v) is 11.2. The lowest BCUT2D eigenvalue weighted by Gasteiger charge is -2.35. The minimum atomic E-state index is -0.577. The van der Waals surface area contributed by atoms with Crippen LogP contribution < -0.4 is 19.3 Å². The minimum Gasteiger partial charge on any atom is -0.463 e. The topological polar surface area (TPSA) is 151 Å². The summed E-state index contributed by atoms with van der Waals surface area (Å²) in [6.07, 6.45) is 10.6. The quantitative estimate of drug-likeness (QED) is 0.172. The van der Waals surface area contributed by atoms with E-state index in [1.165, 1.54) is 11.3 Å². The molecular formula is C41H60N14O4. The Morgan fingerprint density at radius 1 is 0.695 bits per heavy atom. The SMILES string of the molecule is CN(C)CCCOc1nc2c(c(N3CCn4cncc4C3)n1)CCN(CN(C)CCCOc1nc3c(c(N4CCn5cncc5C4)n1)CCN(C(=O)OC(C)(C)C)C3)C2. The molecule has 8 rings (SSSR count). The van der Waals surface area contributed by atoms with Crippen molar-refractivity contribution in [3.63, 3.8) is 0 Å². The molecule has 0 spiro atoms. The fourth-order valence-corrected chi connectivity index (χ4v) is 8.27. The van der Waals surface area contributed by atoms with E-state index in [0.717, 1.165) is 119 Å².